The fraction of sp³-hybridized carbons (Fsp3) is 0.400. The van der Waals surface area contributed by atoms with E-state index in [-0.39, 0.29) is 11.9 Å². The summed E-state index contributed by atoms with van der Waals surface area (Å²) in [5.74, 6) is 0.603. The molecule has 0 aliphatic carbocycles. The molecule has 0 bridgehead atoms. The zero-order chi connectivity index (χ0) is 14.5. The molecular formula is C15H19N3O2. The molecule has 0 saturated carbocycles. The van der Waals surface area contributed by atoms with E-state index in [2.05, 4.69) is 17.1 Å². The van der Waals surface area contributed by atoms with Gasteiger partial charge in [0.25, 0.3) is 5.91 Å². The summed E-state index contributed by atoms with van der Waals surface area (Å²) in [6.45, 7) is 4.02. The monoisotopic (exact) mass is 273 g/mol. The summed E-state index contributed by atoms with van der Waals surface area (Å²) in [6.07, 6.45) is 5.24. The summed E-state index contributed by atoms with van der Waals surface area (Å²) < 4.78 is 5.15. The topological polar surface area (TPSA) is 59.2 Å². The first-order valence-electron chi connectivity index (χ1n) is 6.76. The van der Waals surface area contributed by atoms with E-state index < -0.39 is 0 Å². The fourth-order valence-corrected chi connectivity index (χ4v) is 1.98. The Morgan fingerprint density at radius 3 is 2.95 bits per heavy atom. The number of aromatic nitrogens is 2. The van der Waals surface area contributed by atoms with Gasteiger partial charge in [-0.15, -0.1) is 0 Å². The quantitative estimate of drug-likeness (QED) is 0.840. The molecule has 5 nitrogen and oxygen atoms in total. The summed E-state index contributed by atoms with van der Waals surface area (Å²) in [7, 11) is 1.76. The third-order valence-electron chi connectivity index (χ3n) is 3.34. The Kier molecular flexibility index (Phi) is 4.50. The average Bonchev–Trinajstić information content (AvgIpc) is 2.95. The molecule has 0 saturated heterocycles. The van der Waals surface area contributed by atoms with E-state index in [1.54, 1.807) is 30.4 Å². The van der Waals surface area contributed by atoms with Crippen LogP contribution in [0.15, 0.2) is 35.1 Å². The zero-order valence-corrected chi connectivity index (χ0v) is 12.0. The number of rotatable bonds is 5. The molecule has 0 aliphatic heterocycles. The standard InChI is InChI=1S/C15H19N3O2/c1-4-6-13-9-14(17-20-13)15(19)18(3)11(2)12-7-5-8-16-10-12/h5,7-11H,4,6H2,1-3H3/t11-/m1/s1. The molecule has 2 aromatic rings. The van der Waals surface area contributed by atoms with E-state index in [9.17, 15) is 4.79 Å². The molecule has 0 fully saturated rings. The van der Waals surface area contributed by atoms with Crippen molar-refractivity contribution < 1.29 is 9.32 Å². The van der Waals surface area contributed by atoms with E-state index in [0.717, 1.165) is 24.2 Å². The van der Waals surface area contributed by atoms with Gasteiger partial charge >= 0.3 is 0 Å². The second-order valence-electron chi connectivity index (χ2n) is 4.81. The molecule has 0 radical (unpaired) electrons. The van der Waals surface area contributed by atoms with Crippen molar-refractivity contribution in [3.05, 3.63) is 47.6 Å². The number of pyridine rings is 1. The van der Waals surface area contributed by atoms with Crippen LogP contribution in [0, 0.1) is 0 Å². The third kappa shape index (κ3) is 3.04. The Bertz CT molecular complexity index is 566. The number of amides is 1. The van der Waals surface area contributed by atoms with Crippen molar-refractivity contribution in [1.29, 1.82) is 0 Å². The number of hydrogen-bond donors (Lipinski definition) is 0. The smallest absolute Gasteiger partial charge is 0.276 e. The van der Waals surface area contributed by atoms with Gasteiger partial charge in [-0.3, -0.25) is 9.78 Å². The molecule has 20 heavy (non-hydrogen) atoms. The number of nitrogens with zero attached hydrogens (tertiary/aromatic N) is 3. The molecule has 2 heterocycles. The van der Waals surface area contributed by atoms with Crippen LogP contribution in [0.3, 0.4) is 0 Å². The average molecular weight is 273 g/mol. The lowest BCUT2D eigenvalue weighted by molar-refractivity contribution is 0.0732. The maximum absolute atomic E-state index is 12.4. The van der Waals surface area contributed by atoms with Crippen LogP contribution >= 0.6 is 0 Å². The Morgan fingerprint density at radius 2 is 2.30 bits per heavy atom. The van der Waals surface area contributed by atoms with Gasteiger partial charge < -0.3 is 9.42 Å². The number of carbonyl (C=O) groups excluding carboxylic acids is 1. The normalized spacial score (nSPS) is 12.2. The molecule has 2 aromatic heterocycles. The van der Waals surface area contributed by atoms with Gasteiger partial charge in [0, 0.05) is 31.9 Å². The third-order valence-corrected chi connectivity index (χ3v) is 3.34. The van der Waals surface area contributed by atoms with Gasteiger partial charge in [0.1, 0.15) is 5.76 Å². The number of carbonyl (C=O) groups is 1. The van der Waals surface area contributed by atoms with Crippen molar-refractivity contribution in [2.75, 3.05) is 7.05 Å². The molecule has 5 heteroatoms. The predicted molar refractivity (Wildman–Crippen MR) is 75.2 cm³/mol. The van der Waals surface area contributed by atoms with Crippen LogP contribution < -0.4 is 0 Å². The van der Waals surface area contributed by atoms with Crippen molar-refractivity contribution in [2.45, 2.75) is 32.7 Å². The lowest BCUT2D eigenvalue weighted by Crippen LogP contribution is -2.29. The fourth-order valence-electron chi connectivity index (χ4n) is 1.98. The summed E-state index contributed by atoms with van der Waals surface area (Å²) in [5, 5.41) is 3.85. The van der Waals surface area contributed by atoms with Gasteiger partial charge in [-0.1, -0.05) is 18.1 Å². The first kappa shape index (κ1) is 14.2. The summed E-state index contributed by atoms with van der Waals surface area (Å²) in [4.78, 5) is 18.1. The van der Waals surface area contributed by atoms with Crippen molar-refractivity contribution in [1.82, 2.24) is 15.0 Å². The van der Waals surface area contributed by atoms with E-state index in [0.29, 0.717) is 5.69 Å². The molecule has 1 amide bonds. The molecule has 1 atom stereocenters. The van der Waals surface area contributed by atoms with Crippen LogP contribution in [-0.2, 0) is 6.42 Å². The molecule has 0 aliphatic rings. The van der Waals surface area contributed by atoms with E-state index in [1.807, 2.05) is 19.1 Å². The van der Waals surface area contributed by atoms with Crippen molar-refractivity contribution in [2.24, 2.45) is 0 Å². The molecule has 0 unspecified atom stereocenters. The van der Waals surface area contributed by atoms with E-state index in [1.165, 1.54) is 0 Å². The van der Waals surface area contributed by atoms with E-state index >= 15 is 0 Å². The predicted octanol–water partition coefficient (Wildman–Crippen LogP) is 2.86. The highest BCUT2D eigenvalue weighted by Crippen LogP contribution is 2.19. The summed E-state index contributed by atoms with van der Waals surface area (Å²) in [5.41, 5.74) is 1.34. The van der Waals surface area contributed by atoms with Gasteiger partial charge in [0.05, 0.1) is 6.04 Å². The maximum atomic E-state index is 12.4. The molecule has 2 rings (SSSR count). The lowest BCUT2D eigenvalue weighted by atomic mass is 10.1. The van der Waals surface area contributed by atoms with Crippen molar-refractivity contribution in [3.8, 4) is 0 Å². The number of hydrogen-bond acceptors (Lipinski definition) is 4. The minimum absolute atomic E-state index is 0.0671. The van der Waals surface area contributed by atoms with Gasteiger partial charge in [-0.2, -0.15) is 0 Å². The molecule has 0 spiro atoms. The highest BCUT2D eigenvalue weighted by atomic mass is 16.5. The Hall–Kier alpha value is -2.17. The van der Waals surface area contributed by atoms with Crippen LogP contribution in [-0.4, -0.2) is 28.0 Å². The first-order chi connectivity index (χ1) is 9.63. The van der Waals surface area contributed by atoms with Gasteiger partial charge in [0.15, 0.2) is 5.69 Å². The summed E-state index contributed by atoms with van der Waals surface area (Å²) >= 11 is 0. The second kappa shape index (κ2) is 6.32. The Morgan fingerprint density at radius 1 is 1.50 bits per heavy atom. The van der Waals surface area contributed by atoms with Crippen LogP contribution in [0.5, 0.6) is 0 Å². The molecular weight excluding hydrogens is 254 g/mol. The summed E-state index contributed by atoms with van der Waals surface area (Å²) in [6, 6.07) is 5.47. The molecule has 0 aromatic carbocycles. The van der Waals surface area contributed by atoms with Crippen LogP contribution in [0.2, 0.25) is 0 Å². The van der Waals surface area contributed by atoms with Crippen LogP contribution in [0.1, 0.15) is 48.1 Å². The highest BCUT2D eigenvalue weighted by Gasteiger charge is 2.22. The minimum atomic E-state index is -0.146. The van der Waals surface area contributed by atoms with Crippen LogP contribution in [0.25, 0.3) is 0 Å². The van der Waals surface area contributed by atoms with E-state index in [4.69, 9.17) is 4.52 Å². The highest BCUT2D eigenvalue weighted by molar-refractivity contribution is 5.92. The van der Waals surface area contributed by atoms with Crippen molar-refractivity contribution >= 4 is 5.91 Å². The Labute approximate surface area is 118 Å². The first-order valence-corrected chi connectivity index (χ1v) is 6.76. The maximum Gasteiger partial charge on any atom is 0.276 e. The van der Waals surface area contributed by atoms with Gasteiger partial charge in [0.2, 0.25) is 0 Å². The lowest BCUT2D eigenvalue weighted by Gasteiger charge is -2.24. The van der Waals surface area contributed by atoms with Crippen molar-refractivity contribution in [3.63, 3.8) is 0 Å². The second-order valence-corrected chi connectivity index (χ2v) is 4.81. The van der Waals surface area contributed by atoms with Gasteiger partial charge in [-0.05, 0) is 25.0 Å². The number of aryl methyl sites for hydroxylation is 1. The molecule has 0 N–H and O–H groups in total. The van der Waals surface area contributed by atoms with Gasteiger partial charge in [-0.25, -0.2) is 0 Å². The largest absolute Gasteiger partial charge is 0.361 e. The van der Waals surface area contributed by atoms with Crippen LogP contribution in [0.4, 0.5) is 0 Å². The molecule has 106 valence electrons. The SMILES string of the molecule is CCCc1cc(C(=O)N(C)[C@H](C)c2cccnc2)no1. The zero-order valence-electron chi connectivity index (χ0n) is 12.0. The minimum Gasteiger partial charge on any atom is -0.361 e. The Balaban J connectivity index is 2.11.